The second-order valence-corrected chi connectivity index (χ2v) is 8.36. The quantitative estimate of drug-likeness (QED) is 0.506. The lowest BCUT2D eigenvalue weighted by Crippen LogP contribution is -2.09. The summed E-state index contributed by atoms with van der Waals surface area (Å²) >= 11 is 1.46. The maximum Gasteiger partial charge on any atom is 0.191 e. The largest absolute Gasteiger partial charge is 0.309 e. The van der Waals surface area contributed by atoms with Crippen LogP contribution in [0.5, 0.6) is 0 Å². The maximum absolute atomic E-state index is 12.8. The van der Waals surface area contributed by atoms with Gasteiger partial charge in [0.05, 0.1) is 5.75 Å². The number of hydrogen-bond acceptors (Lipinski definition) is 4. The zero-order valence-corrected chi connectivity index (χ0v) is 17.1. The molecule has 2 rings (SSSR count). The van der Waals surface area contributed by atoms with Gasteiger partial charge in [-0.1, -0.05) is 71.5 Å². The van der Waals surface area contributed by atoms with E-state index in [2.05, 4.69) is 63.9 Å². The lowest BCUT2D eigenvalue weighted by Gasteiger charge is -2.15. The van der Waals surface area contributed by atoms with Crippen LogP contribution in [0.4, 0.5) is 0 Å². The molecule has 0 atom stereocenters. The topological polar surface area (TPSA) is 47.8 Å². The van der Waals surface area contributed by atoms with E-state index in [0.717, 1.165) is 22.1 Å². The summed E-state index contributed by atoms with van der Waals surface area (Å²) in [5, 5.41) is 9.24. The summed E-state index contributed by atoms with van der Waals surface area (Å²) in [5.74, 6) is 2.58. The zero-order chi connectivity index (χ0) is 18.7. The minimum absolute atomic E-state index is 0.151. The number of rotatable bonds is 7. The Morgan fingerprint density at radius 1 is 1.04 bits per heavy atom. The van der Waals surface area contributed by atoms with Gasteiger partial charge in [0.15, 0.2) is 10.9 Å². The molecule has 0 unspecified atom stereocenters. The molecule has 0 aliphatic rings. The van der Waals surface area contributed by atoms with Crippen molar-refractivity contribution < 1.29 is 4.79 Å². The predicted octanol–water partition coefficient (Wildman–Crippen LogP) is 5.16. The first kappa shape index (κ1) is 19.7. The molecule has 2 aromatic rings. The Kier molecular flexibility index (Phi) is 6.44. The Hall–Kier alpha value is -1.62. The molecule has 1 aromatic carbocycles. The second kappa shape index (κ2) is 8.17. The molecule has 1 aromatic heterocycles. The first-order valence-electron chi connectivity index (χ1n) is 8.91. The number of hydrogen-bond donors (Lipinski definition) is 0. The molecule has 136 valence electrons. The van der Waals surface area contributed by atoms with Gasteiger partial charge in [-0.2, -0.15) is 0 Å². The summed E-state index contributed by atoms with van der Waals surface area (Å²) < 4.78 is 1.98. The lowest BCUT2D eigenvalue weighted by atomic mass is 9.90. The van der Waals surface area contributed by atoms with Crippen molar-refractivity contribution >= 4 is 17.5 Å². The fraction of sp³-hybridized carbons (Fsp3) is 0.550. The zero-order valence-electron chi connectivity index (χ0n) is 16.3. The highest BCUT2D eigenvalue weighted by Gasteiger charge is 2.18. The molecular weight excluding hydrogens is 330 g/mol. The van der Waals surface area contributed by atoms with Crippen LogP contribution in [0.25, 0.3) is 0 Å². The van der Waals surface area contributed by atoms with Crippen molar-refractivity contribution in [1.82, 2.24) is 14.8 Å². The van der Waals surface area contributed by atoms with E-state index in [-0.39, 0.29) is 5.78 Å². The van der Waals surface area contributed by atoms with Crippen LogP contribution in [0.3, 0.4) is 0 Å². The summed E-state index contributed by atoms with van der Waals surface area (Å²) in [4.78, 5) is 12.8. The molecule has 25 heavy (non-hydrogen) atoms. The number of carbonyl (C=O) groups excluding carboxylic acids is 1. The van der Waals surface area contributed by atoms with Crippen LogP contribution in [0.1, 0.15) is 86.6 Å². The minimum Gasteiger partial charge on any atom is -0.309 e. The van der Waals surface area contributed by atoms with Gasteiger partial charge in [-0.25, -0.2) is 0 Å². The molecule has 1 heterocycles. The van der Waals surface area contributed by atoms with Gasteiger partial charge in [0.2, 0.25) is 0 Å². The predicted molar refractivity (Wildman–Crippen MR) is 105 cm³/mol. The van der Waals surface area contributed by atoms with Gasteiger partial charge >= 0.3 is 0 Å². The van der Waals surface area contributed by atoms with Gasteiger partial charge in [0.25, 0.3) is 0 Å². The van der Waals surface area contributed by atoms with Crippen molar-refractivity contribution in [2.45, 2.75) is 64.5 Å². The van der Waals surface area contributed by atoms with E-state index in [9.17, 15) is 4.79 Å². The monoisotopic (exact) mass is 359 g/mol. The highest BCUT2D eigenvalue weighted by atomic mass is 32.2. The first-order valence-corrected chi connectivity index (χ1v) is 9.90. The fourth-order valence-corrected chi connectivity index (χ4v) is 3.64. The molecule has 0 aliphatic heterocycles. The third-order valence-corrected chi connectivity index (χ3v) is 5.40. The average molecular weight is 360 g/mol. The molecule has 5 heteroatoms. The number of thioether (sulfide) groups is 1. The van der Waals surface area contributed by atoms with Gasteiger partial charge < -0.3 is 4.57 Å². The molecule has 0 aliphatic carbocycles. The Balaban J connectivity index is 2.18. The van der Waals surface area contributed by atoms with Gasteiger partial charge in [-0.15, -0.1) is 10.2 Å². The van der Waals surface area contributed by atoms with Crippen LogP contribution in [0.2, 0.25) is 0 Å². The average Bonchev–Trinajstić information content (AvgIpc) is 2.92. The Labute approximate surface area is 155 Å². The van der Waals surface area contributed by atoms with Gasteiger partial charge in [-0.05, 0) is 23.0 Å². The van der Waals surface area contributed by atoms with Gasteiger partial charge in [0, 0.05) is 18.5 Å². The van der Waals surface area contributed by atoms with Crippen LogP contribution < -0.4 is 0 Å². The number of carbonyl (C=O) groups is 1. The summed E-state index contributed by atoms with van der Waals surface area (Å²) in [7, 11) is 1.96. The van der Waals surface area contributed by atoms with Gasteiger partial charge in [-0.3, -0.25) is 4.79 Å². The van der Waals surface area contributed by atoms with Crippen LogP contribution in [-0.4, -0.2) is 26.3 Å². The molecule has 0 fully saturated rings. The van der Waals surface area contributed by atoms with Crippen LogP contribution >= 0.6 is 11.8 Å². The van der Waals surface area contributed by atoms with Crippen LogP contribution in [0, 0.1) is 0 Å². The number of benzene rings is 1. The Morgan fingerprint density at radius 2 is 1.72 bits per heavy atom. The molecule has 0 saturated carbocycles. The molecule has 0 saturated heterocycles. The van der Waals surface area contributed by atoms with Crippen molar-refractivity contribution in [3.8, 4) is 0 Å². The molecule has 0 N–H and O–H groups in total. The summed E-state index contributed by atoms with van der Waals surface area (Å²) in [5.41, 5.74) is 3.25. The van der Waals surface area contributed by atoms with Crippen molar-refractivity contribution in [2.75, 3.05) is 5.75 Å². The van der Waals surface area contributed by atoms with Crippen molar-refractivity contribution in [2.24, 2.45) is 7.05 Å². The first-order chi connectivity index (χ1) is 11.7. The third-order valence-electron chi connectivity index (χ3n) is 4.38. The van der Waals surface area contributed by atoms with Gasteiger partial charge in [0.1, 0.15) is 5.82 Å². The highest BCUT2D eigenvalue weighted by Crippen LogP contribution is 2.27. The molecule has 0 spiro atoms. The summed E-state index contributed by atoms with van der Waals surface area (Å²) in [6.07, 6.45) is 0. The van der Waals surface area contributed by atoms with Crippen molar-refractivity contribution in [3.63, 3.8) is 0 Å². The smallest absolute Gasteiger partial charge is 0.191 e. The Bertz CT molecular complexity index is 747. The lowest BCUT2D eigenvalue weighted by molar-refractivity contribution is 0.102. The second-order valence-electron chi connectivity index (χ2n) is 7.42. The summed E-state index contributed by atoms with van der Waals surface area (Å²) in [6.45, 7) is 12.8. The maximum atomic E-state index is 12.8. The van der Waals surface area contributed by atoms with E-state index < -0.39 is 0 Å². The normalized spacial score (nSPS) is 11.8. The highest BCUT2D eigenvalue weighted by molar-refractivity contribution is 7.99. The van der Waals surface area contributed by atoms with E-state index >= 15 is 0 Å². The number of aromatic nitrogens is 3. The van der Waals surface area contributed by atoms with E-state index in [1.54, 1.807) is 0 Å². The van der Waals surface area contributed by atoms with E-state index in [1.165, 1.54) is 17.3 Å². The SMILES string of the molecule is CC(C)c1ccc(C(=O)CSc2nnc(C(C)C)n2C)c(C(C)C)c1. The molecule has 4 nitrogen and oxygen atoms in total. The molecule has 0 amide bonds. The summed E-state index contributed by atoms with van der Waals surface area (Å²) in [6, 6.07) is 6.25. The standard InChI is InChI=1S/C20H29N3OS/c1-12(2)15-8-9-16(17(10-15)13(3)4)18(24)11-25-20-22-21-19(14(5)6)23(20)7/h8-10,12-14H,11H2,1-7H3. The number of ketones is 1. The van der Waals surface area contributed by atoms with Crippen LogP contribution in [-0.2, 0) is 7.05 Å². The molecule has 0 radical (unpaired) electrons. The van der Waals surface area contributed by atoms with Crippen molar-refractivity contribution in [1.29, 1.82) is 0 Å². The van der Waals surface area contributed by atoms with E-state index in [4.69, 9.17) is 0 Å². The number of nitrogens with zero attached hydrogens (tertiary/aromatic N) is 3. The minimum atomic E-state index is 0.151. The third kappa shape index (κ3) is 4.51. The van der Waals surface area contributed by atoms with Crippen molar-refractivity contribution in [3.05, 3.63) is 40.7 Å². The number of Topliss-reactive ketones (excluding diaryl/α,β-unsaturated/α-hetero) is 1. The molecule has 0 bridgehead atoms. The van der Waals surface area contributed by atoms with E-state index in [1.807, 2.05) is 17.7 Å². The Morgan fingerprint density at radius 3 is 2.24 bits per heavy atom. The molecular formula is C20H29N3OS. The van der Waals surface area contributed by atoms with E-state index in [0.29, 0.717) is 23.5 Å². The van der Waals surface area contributed by atoms with Crippen LogP contribution in [0.15, 0.2) is 23.4 Å². The fourth-order valence-electron chi connectivity index (χ4n) is 2.83.